The van der Waals surface area contributed by atoms with Gasteiger partial charge in [0.25, 0.3) is 0 Å². The van der Waals surface area contributed by atoms with E-state index in [4.69, 9.17) is 0 Å². The number of hydrogen-bond acceptors (Lipinski definition) is 1. The number of benzene rings is 2. The van der Waals surface area contributed by atoms with E-state index in [9.17, 15) is 0 Å². The van der Waals surface area contributed by atoms with Crippen LogP contribution in [0.5, 0.6) is 0 Å². The van der Waals surface area contributed by atoms with Crippen LogP contribution in [0.15, 0.2) is 54.7 Å². The van der Waals surface area contributed by atoms with Crippen LogP contribution in [-0.4, -0.2) is 11.5 Å². The van der Waals surface area contributed by atoms with Gasteiger partial charge in [-0.2, -0.15) is 0 Å². The first kappa shape index (κ1) is 13.9. The van der Waals surface area contributed by atoms with Gasteiger partial charge >= 0.3 is 0 Å². The molecule has 21 heavy (non-hydrogen) atoms. The number of rotatable bonds is 5. The van der Waals surface area contributed by atoms with E-state index < -0.39 is 0 Å². The molecule has 3 rings (SSSR count). The average Bonchev–Trinajstić information content (AvgIpc) is 2.91. The maximum Gasteiger partial charge on any atom is 0.0456 e. The van der Waals surface area contributed by atoms with Gasteiger partial charge in [0.1, 0.15) is 0 Å². The van der Waals surface area contributed by atoms with Gasteiger partial charge in [0, 0.05) is 23.1 Å². The summed E-state index contributed by atoms with van der Waals surface area (Å²) in [6.07, 6.45) is 3.17. The summed E-state index contributed by atoms with van der Waals surface area (Å²) >= 11 is 0. The van der Waals surface area contributed by atoms with Crippen molar-refractivity contribution >= 4 is 10.9 Å². The minimum atomic E-state index is 0.385. The molecule has 0 aliphatic carbocycles. The molecule has 0 aliphatic heterocycles. The van der Waals surface area contributed by atoms with Gasteiger partial charge in [0.2, 0.25) is 0 Å². The van der Waals surface area contributed by atoms with Crippen LogP contribution in [0.1, 0.15) is 29.7 Å². The zero-order chi connectivity index (χ0) is 14.7. The van der Waals surface area contributed by atoms with Crippen molar-refractivity contribution in [1.82, 2.24) is 10.3 Å². The largest absolute Gasteiger partial charge is 0.361 e. The Hall–Kier alpha value is -2.06. The molecule has 1 unspecified atom stereocenters. The molecule has 0 aliphatic rings. The zero-order valence-electron chi connectivity index (χ0n) is 12.7. The maximum absolute atomic E-state index is 3.61. The van der Waals surface area contributed by atoms with E-state index >= 15 is 0 Å². The lowest BCUT2D eigenvalue weighted by Crippen LogP contribution is -2.21. The Morgan fingerprint density at radius 2 is 1.81 bits per heavy atom. The highest BCUT2D eigenvalue weighted by atomic mass is 14.9. The number of aryl methyl sites for hydroxylation is 1. The first-order valence-corrected chi connectivity index (χ1v) is 7.59. The van der Waals surface area contributed by atoms with Gasteiger partial charge in [-0.25, -0.2) is 0 Å². The predicted octanol–water partition coefficient (Wildman–Crippen LogP) is 4.37. The lowest BCUT2D eigenvalue weighted by molar-refractivity contribution is 0.577. The van der Waals surface area contributed by atoms with Crippen LogP contribution in [-0.2, 0) is 6.42 Å². The lowest BCUT2D eigenvalue weighted by atomic mass is 10.1. The first-order valence-electron chi connectivity index (χ1n) is 7.59. The summed E-state index contributed by atoms with van der Waals surface area (Å²) in [5, 5.41) is 4.94. The molecule has 108 valence electrons. The van der Waals surface area contributed by atoms with Crippen molar-refractivity contribution in [3.05, 3.63) is 71.4 Å². The number of para-hydroxylation sites is 1. The Morgan fingerprint density at radius 3 is 2.62 bits per heavy atom. The molecule has 2 N–H and O–H groups in total. The topological polar surface area (TPSA) is 27.8 Å². The van der Waals surface area contributed by atoms with Gasteiger partial charge in [-0.05, 0) is 44.0 Å². The molecule has 0 bridgehead atoms. The Labute approximate surface area is 126 Å². The minimum absolute atomic E-state index is 0.385. The number of aromatic nitrogens is 1. The van der Waals surface area contributed by atoms with Crippen LogP contribution in [0.3, 0.4) is 0 Å². The van der Waals surface area contributed by atoms with Gasteiger partial charge in [-0.15, -0.1) is 0 Å². The second-order valence-corrected chi connectivity index (χ2v) is 5.70. The fourth-order valence-corrected chi connectivity index (χ4v) is 2.73. The molecule has 2 nitrogen and oxygen atoms in total. The van der Waals surface area contributed by atoms with Crippen LogP contribution in [0.25, 0.3) is 10.9 Å². The predicted molar refractivity (Wildman–Crippen MR) is 89.6 cm³/mol. The molecule has 0 amide bonds. The van der Waals surface area contributed by atoms with Crippen molar-refractivity contribution in [2.24, 2.45) is 0 Å². The van der Waals surface area contributed by atoms with Crippen molar-refractivity contribution in [3.63, 3.8) is 0 Å². The standard InChI is InChI=1S/C19H22N2/c1-14-7-9-16(10-8-14)15(2)20-12-11-17-13-21-19-6-4-3-5-18(17)19/h3-10,13,15,20-21H,11-12H2,1-2H3. The zero-order valence-corrected chi connectivity index (χ0v) is 12.7. The number of nitrogens with one attached hydrogen (secondary N) is 2. The van der Waals surface area contributed by atoms with Gasteiger partial charge < -0.3 is 10.3 Å². The summed E-state index contributed by atoms with van der Waals surface area (Å²) in [5.74, 6) is 0. The quantitative estimate of drug-likeness (QED) is 0.712. The third-order valence-electron chi connectivity index (χ3n) is 4.10. The minimum Gasteiger partial charge on any atom is -0.361 e. The summed E-state index contributed by atoms with van der Waals surface area (Å²) in [7, 11) is 0. The van der Waals surface area contributed by atoms with Crippen molar-refractivity contribution in [1.29, 1.82) is 0 Å². The average molecular weight is 278 g/mol. The third-order valence-corrected chi connectivity index (χ3v) is 4.10. The summed E-state index contributed by atoms with van der Waals surface area (Å²) in [4.78, 5) is 3.34. The van der Waals surface area contributed by atoms with Crippen LogP contribution < -0.4 is 5.32 Å². The van der Waals surface area contributed by atoms with Crippen LogP contribution >= 0.6 is 0 Å². The second kappa shape index (κ2) is 6.15. The molecule has 1 atom stereocenters. The van der Waals surface area contributed by atoms with Crippen LogP contribution in [0.2, 0.25) is 0 Å². The molecule has 2 heteroatoms. The lowest BCUT2D eigenvalue weighted by Gasteiger charge is -2.14. The molecule has 1 heterocycles. The van der Waals surface area contributed by atoms with Crippen molar-refractivity contribution < 1.29 is 0 Å². The molecule has 3 aromatic rings. The molecule has 0 fully saturated rings. The maximum atomic E-state index is 3.61. The number of fused-ring (bicyclic) bond motifs is 1. The summed E-state index contributed by atoms with van der Waals surface area (Å²) in [5.41, 5.74) is 5.26. The Morgan fingerprint density at radius 1 is 1.05 bits per heavy atom. The highest BCUT2D eigenvalue weighted by molar-refractivity contribution is 5.83. The Kier molecular flexibility index (Phi) is 4.07. The van der Waals surface area contributed by atoms with Crippen molar-refractivity contribution in [3.8, 4) is 0 Å². The van der Waals surface area contributed by atoms with Crippen molar-refractivity contribution in [2.45, 2.75) is 26.3 Å². The molecular formula is C19H22N2. The van der Waals surface area contributed by atoms with E-state index in [2.05, 4.69) is 78.9 Å². The molecule has 0 saturated heterocycles. The van der Waals surface area contributed by atoms with Crippen LogP contribution in [0.4, 0.5) is 0 Å². The molecule has 1 aromatic heterocycles. The van der Waals surface area contributed by atoms with E-state index in [1.54, 1.807) is 0 Å². The van der Waals surface area contributed by atoms with Crippen molar-refractivity contribution in [2.75, 3.05) is 6.54 Å². The molecule has 0 saturated carbocycles. The smallest absolute Gasteiger partial charge is 0.0456 e. The Balaban J connectivity index is 1.59. The fraction of sp³-hybridized carbons (Fsp3) is 0.263. The molecule has 2 aromatic carbocycles. The van der Waals surface area contributed by atoms with Gasteiger partial charge in [-0.1, -0.05) is 48.0 Å². The first-order chi connectivity index (χ1) is 10.2. The van der Waals surface area contributed by atoms with Gasteiger partial charge in [0.05, 0.1) is 0 Å². The monoisotopic (exact) mass is 278 g/mol. The summed E-state index contributed by atoms with van der Waals surface area (Å²) in [6.45, 7) is 5.33. The summed E-state index contributed by atoms with van der Waals surface area (Å²) in [6, 6.07) is 17.6. The summed E-state index contributed by atoms with van der Waals surface area (Å²) < 4.78 is 0. The van der Waals surface area contributed by atoms with E-state index in [-0.39, 0.29) is 0 Å². The normalized spacial score (nSPS) is 12.7. The fourth-order valence-electron chi connectivity index (χ4n) is 2.73. The highest BCUT2D eigenvalue weighted by Crippen LogP contribution is 2.18. The van der Waals surface area contributed by atoms with E-state index in [0.29, 0.717) is 6.04 Å². The van der Waals surface area contributed by atoms with Gasteiger partial charge in [0.15, 0.2) is 0 Å². The highest BCUT2D eigenvalue weighted by Gasteiger charge is 2.06. The van der Waals surface area contributed by atoms with Gasteiger partial charge in [-0.3, -0.25) is 0 Å². The number of aromatic amines is 1. The van der Waals surface area contributed by atoms with E-state index in [1.165, 1.54) is 27.6 Å². The number of H-pyrrole nitrogens is 1. The SMILES string of the molecule is Cc1ccc(C(C)NCCc2c[nH]c3ccccc23)cc1. The van der Waals surface area contributed by atoms with E-state index in [0.717, 1.165) is 13.0 Å². The Bertz CT molecular complexity index is 710. The third kappa shape index (κ3) is 3.17. The van der Waals surface area contributed by atoms with E-state index in [1.807, 2.05) is 0 Å². The molecule has 0 radical (unpaired) electrons. The molecule has 0 spiro atoms. The number of hydrogen-bond donors (Lipinski definition) is 2. The molecular weight excluding hydrogens is 256 g/mol. The van der Waals surface area contributed by atoms with Crippen LogP contribution in [0, 0.1) is 6.92 Å². The second-order valence-electron chi connectivity index (χ2n) is 5.70.